The number of hydrogen-bond acceptors (Lipinski definition) is 5. The average Bonchev–Trinajstić information content (AvgIpc) is 2.59. The fraction of sp³-hybridized carbons (Fsp3) is 0.438. The van der Waals surface area contributed by atoms with Crippen molar-refractivity contribution in [2.24, 2.45) is 0 Å². The van der Waals surface area contributed by atoms with Crippen LogP contribution in [0.15, 0.2) is 24.3 Å². The molecule has 0 unspecified atom stereocenters. The molecule has 0 atom stereocenters. The lowest BCUT2D eigenvalue weighted by molar-refractivity contribution is 0.0886. The minimum Gasteiger partial charge on any atom is -0.450 e. The molecule has 0 saturated carbocycles. The van der Waals surface area contributed by atoms with Gasteiger partial charge >= 0.3 is 6.09 Å². The highest BCUT2D eigenvalue weighted by Gasteiger charge is 2.11. The number of carbonyl (C=O) groups excluding carboxylic acids is 2. The molecule has 9 heteroatoms. The third-order valence-corrected chi connectivity index (χ3v) is 3.46. The highest BCUT2D eigenvalue weighted by Crippen LogP contribution is 2.10. The number of nitrogens with one attached hydrogen (secondary N) is 3. The second kappa shape index (κ2) is 11.2. The second-order valence-corrected chi connectivity index (χ2v) is 5.39. The first-order valence-electron chi connectivity index (χ1n) is 7.83. The Labute approximate surface area is 152 Å². The number of hydrogen-bond donors (Lipinski definition) is 3. The summed E-state index contributed by atoms with van der Waals surface area (Å²) in [5.41, 5.74) is 3.64. The number of rotatable bonds is 7. The van der Waals surface area contributed by atoms with Gasteiger partial charge in [0.2, 0.25) is 0 Å². The molecule has 1 rings (SSSR count). The van der Waals surface area contributed by atoms with E-state index in [-0.39, 0.29) is 12.5 Å². The van der Waals surface area contributed by atoms with Gasteiger partial charge in [0, 0.05) is 38.6 Å². The largest absolute Gasteiger partial charge is 0.450 e. The van der Waals surface area contributed by atoms with E-state index in [9.17, 15) is 9.59 Å². The van der Waals surface area contributed by atoms with E-state index >= 15 is 0 Å². The lowest BCUT2D eigenvalue weighted by Gasteiger charge is -2.21. The molecular formula is C16H24N4O4S. The van der Waals surface area contributed by atoms with Crippen LogP contribution in [0.4, 0.5) is 10.5 Å². The minimum absolute atomic E-state index is 0.290. The van der Waals surface area contributed by atoms with E-state index in [1.54, 1.807) is 45.3 Å². The first-order chi connectivity index (χ1) is 12.0. The fourth-order valence-electron chi connectivity index (χ4n) is 1.79. The maximum Gasteiger partial charge on any atom is 0.411 e. The summed E-state index contributed by atoms with van der Waals surface area (Å²) >= 11 is 5.19. The molecule has 0 bridgehead atoms. The van der Waals surface area contributed by atoms with Gasteiger partial charge in [0.05, 0.1) is 6.61 Å². The molecule has 0 aliphatic carbocycles. The number of amides is 2. The van der Waals surface area contributed by atoms with E-state index in [2.05, 4.69) is 16.1 Å². The highest BCUT2D eigenvalue weighted by atomic mass is 32.1. The van der Waals surface area contributed by atoms with Crippen molar-refractivity contribution in [3.05, 3.63) is 29.8 Å². The maximum absolute atomic E-state index is 12.2. The summed E-state index contributed by atoms with van der Waals surface area (Å²) in [6.07, 6.45) is 0.275. The Morgan fingerprint density at radius 1 is 1.24 bits per heavy atom. The minimum atomic E-state index is -0.538. The lowest BCUT2D eigenvalue weighted by atomic mass is 10.2. The van der Waals surface area contributed by atoms with Crippen molar-refractivity contribution in [1.29, 1.82) is 0 Å². The summed E-state index contributed by atoms with van der Waals surface area (Å²) in [6, 6.07) is 6.43. The van der Waals surface area contributed by atoms with E-state index in [1.807, 2.05) is 0 Å². The van der Waals surface area contributed by atoms with Crippen LogP contribution in [0.2, 0.25) is 0 Å². The third kappa shape index (κ3) is 7.81. The first-order valence-corrected chi connectivity index (χ1v) is 8.24. The normalized spacial score (nSPS) is 9.88. The molecule has 138 valence electrons. The Kier molecular flexibility index (Phi) is 9.26. The molecule has 0 fully saturated rings. The maximum atomic E-state index is 12.2. The zero-order chi connectivity index (χ0) is 18.7. The van der Waals surface area contributed by atoms with Crippen LogP contribution in [-0.2, 0) is 9.47 Å². The summed E-state index contributed by atoms with van der Waals surface area (Å²) in [4.78, 5) is 23.5. The molecule has 1 aromatic rings. The van der Waals surface area contributed by atoms with Gasteiger partial charge in [-0.3, -0.25) is 20.5 Å². The second-order valence-electron chi connectivity index (χ2n) is 5.00. The fourth-order valence-corrected chi connectivity index (χ4v) is 1.94. The van der Waals surface area contributed by atoms with Crippen molar-refractivity contribution in [3.8, 4) is 0 Å². The van der Waals surface area contributed by atoms with Crippen molar-refractivity contribution in [2.75, 3.05) is 39.2 Å². The van der Waals surface area contributed by atoms with Gasteiger partial charge < -0.3 is 14.8 Å². The SMILES string of the molecule is CCOC(=O)Nc1ccc(C(=O)NN(C)C(=S)NCCCOC)cc1. The third-order valence-electron chi connectivity index (χ3n) is 3.04. The molecule has 0 heterocycles. The van der Waals surface area contributed by atoms with Crippen molar-refractivity contribution < 1.29 is 19.1 Å². The molecule has 8 nitrogen and oxygen atoms in total. The smallest absolute Gasteiger partial charge is 0.411 e. The predicted molar refractivity (Wildman–Crippen MR) is 99.4 cm³/mol. The summed E-state index contributed by atoms with van der Waals surface area (Å²) in [6.45, 7) is 3.30. The van der Waals surface area contributed by atoms with Crippen molar-refractivity contribution in [1.82, 2.24) is 15.8 Å². The van der Waals surface area contributed by atoms with Gasteiger partial charge in [-0.15, -0.1) is 0 Å². The van der Waals surface area contributed by atoms with E-state index in [0.29, 0.717) is 29.5 Å². The monoisotopic (exact) mass is 368 g/mol. The number of methoxy groups -OCH3 is 1. The average molecular weight is 368 g/mol. The van der Waals surface area contributed by atoms with E-state index in [4.69, 9.17) is 21.7 Å². The quantitative estimate of drug-likeness (QED) is 0.384. The molecule has 0 radical (unpaired) electrons. The number of ether oxygens (including phenoxy) is 2. The molecule has 1 aromatic carbocycles. The van der Waals surface area contributed by atoms with Crippen LogP contribution in [0.5, 0.6) is 0 Å². The molecule has 3 N–H and O–H groups in total. The molecule has 25 heavy (non-hydrogen) atoms. The first kappa shape index (κ1) is 20.7. The topological polar surface area (TPSA) is 91.9 Å². The van der Waals surface area contributed by atoms with Crippen LogP contribution in [0.25, 0.3) is 0 Å². The van der Waals surface area contributed by atoms with E-state index in [1.165, 1.54) is 5.01 Å². The summed E-state index contributed by atoms with van der Waals surface area (Å²) in [5.74, 6) is -0.314. The van der Waals surface area contributed by atoms with Crippen molar-refractivity contribution in [3.63, 3.8) is 0 Å². The number of benzene rings is 1. The van der Waals surface area contributed by atoms with Crippen LogP contribution in [0.1, 0.15) is 23.7 Å². The Morgan fingerprint density at radius 2 is 1.92 bits per heavy atom. The highest BCUT2D eigenvalue weighted by molar-refractivity contribution is 7.80. The number of carbonyl (C=O) groups is 2. The molecule has 0 saturated heterocycles. The number of nitrogens with zero attached hydrogens (tertiary/aromatic N) is 1. The van der Waals surface area contributed by atoms with Gasteiger partial charge in [0.25, 0.3) is 5.91 Å². The van der Waals surface area contributed by atoms with Gasteiger partial charge in [-0.1, -0.05) is 0 Å². The lowest BCUT2D eigenvalue weighted by Crippen LogP contribution is -2.48. The van der Waals surface area contributed by atoms with Gasteiger partial charge in [0.1, 0.15) is 0 Å². The summed E-state index contributed by atoms with van der Waals surface area (Å²) < 4.78 is 9.74. The predicted octanol–water partition coefficient (Wildman–Crippen LogP) is 1.74. The van der Waals surface area contributed by atoms with Gasteiger partial charge in [-0.05, 0) is 49.8 Å². The van der Waals surface area contributed by atoms with Crippen LogP contribution in [0, 0.1) is 0 Å². The van der Waals surface area contributed by atoms with Gasteiger partial charge in [-0.2, -0.15) is 0 Å². The van der Waals surface area contributed by atoms with Crippen molar-refractivity contribution in [2.45, 2.75) is 13.3 Å². The van der Waals surface area contributed by atoms with Gasteiger partial charge in [-0.25, -0.2) is 4.79 Å². The van der Waals surface area contributed by atoms with Crippen LogP contribution < -0.4 is 16.1 Å². The molecule has 2 amide bonds. The Morgan fingerprint density at radius 3 is 2.52 bits per heavy atom. The van der Waals surface area contributed by atoms with Crippen molar-refractivity contribution >= 4 is 35.0 Å². The van der Waals surface area contributed by atoms with E-state index < -0.39 is 6.09 Å². The summed E-state index contributed by atoms with van der Waals surface area (Å²) in [5, 5.41) is 7.42. The Bertz CT molecular complexity index is 580. The Balaban J connectivity index is 2.48. The number of thiocarbonyl (C=S) groups is 1. The zero-order valence-electron chi connectivity index (χ0n) is 14.6. The standard InChI is InChI=1S/C16H24N4O4S/c1-4-24-16(22)18-13-8-6-12(7-9-13)14(21)19-20(2)15(25)17-10-5-11-23-3/h6-9H,4-5,10-11H2,1-3H3,(H,17,25)(H,18,22)(H,19,21). The molecule has 0 aromatic heterocycles. The summed E-state index contributed by atoms with van der Waals surface area (Å²) in [7, 11) is 3.29. The van der Waals surface area contributed by atoms with Crippen LogP contribution in [-0.4, -0.2) is 56.0 Å². The number of anilines is 1. The molecule has 0 aliphatic heterocycles. The van der Waals surface area contributed by atoms with Crippen LogP contribution in [0.3, 0.4) is 0 Å². The number of hydrazine groups is 1. The Hall–Kier alpha value is -2.39. The molecule has 0 aliphatic rings. The molecule has 0 spiro atoms. The van der Waals surface area contributed by atoms with E-state index in [0.717, 1.165) is 6.42 Å². The zero-order valence-corrected chi connectivity index (χ0v) is 15.4. The van der Waals surface area contributed by atoms with Crippen LogP contribution >= 0.6 is 12.2 Å². The van der Waals surface area contributed by atoms with Gasteiger partial charge in [0.15, 0.2) is 5.11 Å². The molecular weight excluding hydrogens is 344 g/mol.